The fourth-order valence-corrected chi connectivity index (χ4v) is 10.0. The van der Waals surface area contributed by atoms with Crippen LogP contribution in [0.15, 0.2) is 144 Å². The number of fused-ring (bicyclic) bond motifs is 4. The Hall–Kier alpha value is -5.39. The van der Waals surface area contributed by atoms with Gasteiger partial charge in [-0.05, 0) is 87.1 Å². The first kappa shape index (κ1) is 44.7. The zero-order chi connectivity index (χ0) is 43.1. The smallest absolute Gasteiger partial charge is 0.120 e. The molecule has 0 bridgehead atoms. The molecule has 6 aromatic carbocycles. The van der Waals surface area contributed by atoms with Gasteiger partial charge >= 0.3 is 0 Å². The van der Waals surface area contributed by atoms with Gasteiger partial charge in [-0.2, -0.15) is 0 Å². The molecule has 4 nitrogen and oxygen atoms in total. The number of hydrogen-bond acceptors (Lipinski definition) is 3. The van der Waals surface area contributed by atoms with Crippen LogP contribution < -0.4 is 5.19 Å². The molecule has 0 aliphatic heterocycles. The van der Waals surface area contributed by atoms with E-state index in [0.29, 0.717) is 11.8 Å². The molecule has 0 spiro atoms. The van der Waals surface area contributed by atoms with Crippen LogP contribution in [0, 0.1) is 17.5 Å². The molecular formula is C56H57IrN3OSi-2. The maximum absolute atomic E-state index is 6.12. The summed E-state index contributed by atoms with van der Waals surface area (Å²) in [7, 11) is -1.37. The fraction of sp³-hybridized carbons (Fsp3) is 0.250. The summed E-state index contributed by atoms with van der Waals surface area (Å²) in [6.07, 6.45) is 3.21. The molecule has 0 saturated heterocycles. The van der Waals surface area contributed by atoms with Crippen molar-refractivity contribution < 1.29 is 24.5 Å². The van der Waals surface area contributed by atoms with Crippen molar-refractivity contribution in [1.29, 1.82) is 0 Å². The van der Waals surface area contributed by atoms with E-state index < -0.39 is 8.07 Å². The minimum atomic E-state index is -1.37. The summed E-state index contributed by atoms with van der Waals surface area (Å²) in [5, 5.41) is 3.67. The number of aromatic nitrogens is 3. The van der Waals surface area contributed by atoms with E-state index in [1.165, 1.54) is 38.7 Å². The zero-order valence-corrected chi connectivity index (χ0v) is 41.1. The van der Waals surface area contributed by atoms with Gasteiger partial charge in [0.15, 0.2) is 0 Å². The number of pyridine rings is 1. The number of rotatable bonds is 8. The van der Waals surface area contributed by atoms with Crippen LogP contribution in [0.4, 0.5) is 0 Å². The number of nitrogens with zero attached hydrogens (tertiary/aromatic N) is 3. The van der Waals surface area contributed by atoms with E-state index >= 15 is 0 Å². The van der Waals surface area contributed by atoms with Crippen molar-refractivity contribution in [3.63, 3.8) is 0 Å². The Balaban J connectivity index is 0.000000223. The van der Waals surface area contributed by atoms with Gasteiger partial charge in [0, 0.05) is 37.4 Å². The van der Waals surface area contributed by atoms with Gasteiger partial charge < -0.3 is 14.0 Å². The minimum absolute atomic E-state index is 0. The first-order chi connectivity index (χ1) is 29.2. The van der Waals surface area contributed by atoms with Crippen LogP contribution in [0.3, 0.4) is 0 Å². The van der Waals surface area contributed by atoms with Gasteiger partial charge in [0.1, 0.15) is 5.58 Å². The van der Waals surface area contributed by atoms with Crippen molar-refractivity contribution in [1.82, 2.24) is 14.5 Å². The van der Waals surface area contributed by atoms with Crippen LogP contribution in [-0.2, 0) is 26.5 Å². The van der Waals surface area contributed by atoms with E-state index in [4.69, 9.17) is 14.4 Å². The summed E-state index contributed by atoms with van der Waals surface area (Å²) < 4.78 is 8.48. The van der Waals surface area contributed by atoms with E-state index in [-0.39, 0.29) is 25.5 Å². The van der Waals surface area contributed by atoms with E-state index in [9.17, 15) is 0 Å². The second-order valence-corrected chi connectivity index (χ2v) is 24.2. The normalized spacial score (nSPS) is 11.9. The Bertz CT molecular complexity index is 2940. The van der Waals surface area contributed by atoms with Gasteiger partial charge in [0.05, 0.1) is 30.5 Å². The van der Waals surface area contributed by atoms with E-state index in [1.54, 1.807) is 0 Å². The molecule has 3 aromatic heterocycles. The molecule has 0 atom stereocenters. The molecule has 0 unspecified atom stereocenters. The number of para-hydroxylation sites is 3. The predicted octanol–water partition coefficient (Wildman–Crippen LogP) is 15.0. The van der Waals surface area contributed by atoms with E-state index in [0.717, 1.165) is 62.0 Å². The quantitative estimate of drug-likeness (QED) is 0.113. The van der Waals surface area contributed by atoms with Gasteiger partial charge in [0.25, 0.3) is 0 Å². The molecule has 0 amide bonds. The maximum Gasteiger partial charge on any atom is 0.120 e. The summed E-state index contributed by atoms with van der Waals surface area (Å²) in [6.45, 7) is 23.2. The van der Waals surface area contributed by atoms with Gasteiger partial charge in [0.2, 0.25) is 0 Å². The van der Waals surface area contributed by atoms with Crippen LogP contribution in [0.1, 0.15) is 77.0 Å². The Labute approximate surface area is 382 Å². The monoisotopic (exact) mass is 1010 g/mol. The molecule has 1 radical (unpaired) electrons. The number of furan rings is 1. The minimum Gasteiger partial charge on any atom is -0.500 e. The Morgan fingerprint density at radius 2 is 1.34 bits per heavy atom. The van der Waals surface area contributed by atoms with Crippen molar-refractivity contribution in [3.8, 4) is 39.5 Å². The molecule has 9 rings (SSSR count). The second kappa shape index (κ2) is 18.1. The first-order valence-electron chi connectivity index (χ1n) is 21.7. The Morgan fingerprint density at radius 1 is 0.677 bits per heavy atom. The third-order valence-corrected chi connectivity index (χ3v) is 13.4. The number of hydrogen-bond donors (Lipinski definition) is 0. The first-order valence-corrected chi connectivity index (χ1v) is 25.2. The van der Waals surface area contributed by atoms with Gasteiger partial charge in [-0.3, -0.25) is 4.98 Å². The van der Waals surface area contributed by atoms with Crippen LogP contribution in [0.2, 0.25) is 19.6 Å². The molecule has 0 fully saturated rings. The molecule has 0 aliphatic carbocycles. The summed E-state index contributed by atoms with van der Waals surface area (Å²) >= 11 is 0. The number of benzene rings is 6. The van der Waals surface area contributed by atoms with Crippen LogP contribution >= 0.6 is 0 Å². The van der Waals surface area contributed by atoms with Crippen LogP contribution in [-0.4, -0.2) is 22.6 Å². The van der Waals surface area contributed by atoms with Crippen molar-refractivity contribution in [2.45, 2.75) is 86.4 Å². The molecule has 9 aromatic rings. The Kier molecular flexibility index (Phi) is 13.1. The molecule has 3 heterocycles. The Morgan fingerprint density at radius 3 is 2.00 bits per heavy atom. The van der Waals surface area contributed by atoms with Crippen LogP contribution in [0.5, 0.6) is 0 Å². The molecule has 0 saturated carbocycles. The van der Waals surface area contributed by atoms with Crippen molar-refractivity contribution in [2.75, 3.05) is 0 Å². The largest absolute Gasteiger partial charge is 0.500 e. The summed E-state index contributed by atoms with van der Waals surface area (Å²) in [4.78, 5) is 9.92. The molecular weight excluding hydrogens is 951 g/mol. The van der Waals surface area contributed by atoms with Gasteiger partial charge in [-0.15, -0.1) is 59.7 Å². The van der Waals surface area contributed by atoms with E-state index in [1.807, 2.05) is 36.4 Å². The standard InChI is InChI=1S/C37H31N2O.C19H26NSi.Ir/c1-23(2)29-21-27(25-12-6-5-7-13-25)22-30(24(3)4)36(29)39-33-16-10-9-15-32(33)38-37(39)26-18-19-35-31(20-26)28-14-8-11-17-34(28)40-35;1-19(2,3)13-16-12-17(15-10-8-7-9-11-15)20-14-18(16)21(4,5)6;/h5-17,19-24H,1-4H3;7-10,12,14H,13H2,1-6H3;/q2*-1;. The zero-order valence-electron chi connectivity index (χ0n) is 37.7. The third-order valence-electron chi connectivity index (χ3n) is 11.4. The van der Waals surface area contributed by atoms with Crippen molar-refractivity contribution in [3.05, 3.63) is 168 Å². The summed E-state index contributed by atoms with van der Waals surface area (Å²) in [6, 6.07) is 53.4. The topological polar surface area (TPSA) is 43.9 Å². The van der Waals surface area contributed by atoms with Gasteiger partial charge in [-0.25, -0.2) is 0 Å². The second-order valence-electron chi connectivity index (χ2n) is 19.2. The van der Waals surface area contributed by atoms with E-state index in [2.05, 4.69) is 188 Å². The van der Waals surface area contributed by atoms with Crippen molar-refractivity contribution in [2.24, 2.45) is 5.41 Å². The molecule has 6 heteroatoms. The SMILES string of the molecule is CC(C)(C)Cc1cc(-c2[c-]cccc2)ncc1[Si](C)(C)C.CC(C)c1cc(-c2ccccc2)cc(C(C)C)c1-n1c(-c2[c-]cc3oc4ccccc4c3c2)nc2ccccc21.[Ir]. The molecule has 317 valence electrons. The number of imidazole rings is 1. The van der Waals surface area contributed by atoms with Gasteiger partial charge in [-0.1, -0.05) is 146 Å². The maximum atomic E-state index is 6.12. The third kappa shape index (κ3) is 9.34. The fourth-order valence-electron chi connectivity index (χ4n) is 8.44. The molecule has 0 aliphatic rings. The molecule has 0 N–H and O–H groups in total. The predicted molar refractivity (Wildman–Crippen MR) is 261 cm³/mol. The summed E-state index contributed by atoms with van der Waals surface area (Å²) in [5.74, 6) is 1.52. The molecule has 62 heavy (non-hydrogen) atoms. The van der Waals surface area contributed by atoms with Crippen LogP contribution in [0.25, 0.3) is 72.4 Å². The average molecular weight is 1010 g/mol. The average Bonchev–Trinajstić information content (AvgIpc) is 3.81. The van der Waals surface area contributed by atoms with Crippen molar-refractivity contribution >= 4 is 46.2 Å². The summed E-state index contributed by atoms with van der Waals surface area (Å²) in [5.41, 5.74) is 14.9.